The first-order valence-corrected chi connectivity index (χ1v) is 4.97. The molecular weight excluding hydrogens is 229 g/mol. The zero-order valence-electron chi connectivity index (χ0n) is 8.24. The third kappa shape index (κ3) is 2.23. The van der Waals surface area contributed by atoms with Crippen LogP contribution in [-0.2, 0) is 0 Å². The lowest BCUT2D eigenvalue weighted by atomic mass is 10.3. The van der Waals surface area contributed by atoms with Crippen LogP contribution >= 0.6 is 11.6 Å². The lowest BCUT2D eigenvalue weighted by Crippen LogP contribution is -1.97. The fraction of sp³-hybridized carbons (Fsp3) is 0. The van der Waals surface area contributed by atoms with Gasteiger partial charge in [0.05, 0.1) is 10.7 Å². The highest BCUT2D eigenvalue weighted by atomic mass is 35.5. The Morgan fingerprint density at radius 2 is 2.12 bits per heavy atom. The van der Waals surface area contributed by atoms with Gasteiger partial charge >= 0.3 is 0 Å². The van der Waals surface area contributed by atoms with Gasteiger partial charge in [-0.3, -0.25) is 0 Å². The monoisotopic (exact) mass is 237 g/mol. The molecule has 1 aromatic heterocycles. The number of hydrogen-bond acceptors (Lipinski definition) is 3. The number of nitrogens with one attached hydrogen (secondary N) is 1. The van der Waals surface area contributed by atoms with Gasteiger partial charge in [-0.2, -0.15) is 0 Å². The van der Waals surface area contributed by atoms with Crippen molar-refractivity contribution in [1.29, 1.82) is 0 Å². The highest BCUT2D eigenvalue weighted by Gasteiger charge is 2.06. The molecule has 82 valence electrons. The Hall–Kier alpha value is -1.81. The van der Waals surface area contributed by atoms with Crippen molar-refractivity contribution >= 4 is 28.8 Å². The van der Waals surface area contributed by atoms with Crippen molar-refractivity contribution < 1.29 is 4.39 Å². The number of nitrogen functional groups attached to an aromatic ring is 1. The van der Waals surface area contributed by atoms with Crippen LogP contribution in [0.15, 0.2) is 36.5 Å². The topological polar surface area (TPSA) is 50.9 Å². The molecule has 0 amide bonds. The maximum absolute atomic E-state index is 13.5. The molecule has 0 aliphatic rings. The molecule has 0 saturated carbocycles. The van der Waals surface area contributed by atoms with Gasteiger partial charge in [-0.15, -0.1) is 0 Å². The fourth-order valence-electron chi connectivity index (χ4n) is 1.25. The summed E-state index contributed by atoms with van der Waals surface area (Å²) in [6.07, 6.45) is 1.54. The fourth-order valence-corrected chi connectivity index (χ4v) is 1.43. The molecule has 2 aromatic rings. The standard InChI is InChI=1S/C11H9ClFN3/c12-8-2-1-3-9(11(8)13)16-10-6-7(14)4-5-15-10/h1-6H,(H3,14,15,16). The Morgan fingerprint density at radius 3 is 2.88 bits per heavy atom. The average Bonchev–Trinajstić information content (AvgIpc) is 2.25. The van der Waals surface area contributed by atoms with E-state index in [2.05, 4.69) is 10.3 Å². The van der Waals surface area contributed by atoms with Gasteiger partial charge in [0.2, 0.25) is 0 Å². The number of anilines is 3. The highest BCUT2D eigenvalue weighted by Crippen LogP contribution is 2.24. The zero-order chi connectivity index (χ0) is 11.5. The van der Waals surface area contributed by atoms with E-state index in [-0.39, 0.29) is 10.7 Å². The number of rotatable bonds is 2. The molecule has 0 fully saturated rings. The largest absolute Gasteiger partial charge is 0.399 e. The third-order valence-electron chi connectivity index (χ3n) is 2.00. The Morgan fingerprint density at radius 1 is 1.31 bits per heavy atom. The van der Waals surface area contributed by atoms with Gasteiger partial charge in [0.15, 0.2) is 5.82 Å². The van der Waals surface area contributed by atoms with E-state index in [9.17, 15) is 4.39 Å². The average molecular weight is 238 g/mol. The molecule has 5 heteroatoms. The van der Waals surface area contributed by atoms with Gasteiger partial charge in [-0.25, -0.2) is 9.37 Å². The van der Waals surface area contributed by atoms with Gasteiger partial charge < -0.3 is 11.1 Å². The number of nitrogens with two attached hydrogens (primary N) is 1. The second-order valence-corrected chi connectivity index (χ2v) is 3.61. The number of benzene rings is 1. The second kappa shape index (κ2) is 4.37. The Balaban J connectivity index is 2.31. The molecule has 3 nitrogen and oxygen atoms in total. The van der Waals surface area contributed by atoms with Gasteiger partial charge in [-0.1, -0.05) is 17.7 Å². The summed E-state index contributed by atoms with van der Waals surface area (Å²) in [6.45, 7) is 0. The quantitative estimate of drug-likeness (QED) is 0.843. The molecule has 1 heterocycles. The maximum Gasteiger partial charge on any atom is 0.165 e. The minimum atomic E-state index is -0.506. The van der Waals surface area contributed by atoms with Crippen molar-refractivity contribution in [3.8, 4) is 0 Å². The molecule has 0 radical (unpaired) electrons. The van der Waals surface area contributed by atoms with Crippen molar-refractivity contribution in [2.24, 2.45) is 0 Å². The van der Waals surface area contributed by atoms with Gasteiger partial charge in [0.1, 0.15) is 5.82 Å². The predicted octanol–water partition coefficient (Wildman–Crippen LogP) is 3.20. The molecule has 0 saturated heterocycles. The van der Waals surface area contributed by atoms with E-state index in [0.717, 1.165) is 0 Å². The van der Waals surface area contributed by atoms with Gasteiger partial charge in [0.25, 0.3) is 0 Å². The van der Waals surface area contributed by atoms with E-state index < -0.39 is 5.82 Å². The lowest BCUT2D eigenvalue weighted by Gasteiger charge is -2.07. The van der Waals surface area contributed by atoms with Crippen LogP contribution in [0.2, 0.25) is 5.02 Å². The van der Waals surface area contributed by atoms with Crippen LogP contribution in [0.3, 0.4) is 0 Å². The SMILES string of the molecule is Nc1ccnc(Nc2cccc(Cl)c2F)c1. The van der Waals surface area contributed by atoms with Gasteiger partial charge in [-0.05, 0) is 18.2 Å². The Labute approximate surface area is 97.1 Å². The molecule has 0 bridgehead atoms. The first-order valence-electron chi connectivity index (χ1n) is 4.59. The summed E-state index contributed by atoms with van der Waals surface area (Å²) in [5, 5.41) is 2.87. The molecule has 1 aromatic carbocycles. The summed E-state index contributed by atoms with van der Waals surface area (Å²) >= 11 is 5.65. The number of hydrogen-bond donors (Lipinski definition) is 2. The molecular formula is C11H9ClFN3. The van der Waals surface area contributed by atoms with E-state index in [1.165, 1.54) is 6.07 Å². The molecule has 0 aliphatic carbocycles. The lowest BCUT2D eigenvalue weighted by molar-refractivity contribution is 0.632. The van der Waals surface area contributed by atoms with Crippen LogP contribution in [0.25, 0.3) is 0 Å². The Bertz CT molecular complexity index is 516. The number of halogens is 2. The van der Waals surface area contributed by atoms with Crippen molar-refractivity contribution in [3.63, 3.8) is 0 Å². The normalized spacial score (nSPS) is 10.1. The minimum absolute atomic E-state index is 0.0638. The van der Waals surface area contributed by atoms with E-state index in [1.807, 2.05) is 0 Å². The molecule has 0 unspecified atom stereocenters. The first kappa shape index (κ1) is 10.7. The summed E-state index contributed by atoms with van der Waals surface area (Å²) in [5.41, 5.74) is 6.40. The van der Waals surface area contributed by atoms with Crippen molar-refractivity contribution in [2.45, 2.75) is 0 Å². The maximum atomic E-state index is 13.5. The van der Waals surface area contributed by atoms with Crippen molar-refractivity contribution in [3.05, 3.63) is 47.4 Å². The van der Waals surface area contributed by atoms with Crippen molar-refractivity contribution in [1.82, 2.24) is 4.98 Å². The van der Waals surface area contributed by atoms with Crippen LogP contribution in [0.5, 0.6) is 0 Å². The molecule has 3 N–H and O–H groups in total. The van der Waals surface area contributed by atoms with Crippen LogP contribution in [-0.4, -0.2) is 4.98 Å². The highest BCUT2D eigenvalue weighted by molar-refractivity contribution is 6.31. The molecule has 0 aliphatic heterocycles. The summed E-state index contributed by atoms with van der Waals surface area (Å²) < 4.78 is 13.5. The molecule has 0 spiro atoms. The third-order valence-corrected chi connectivity index (χ3v) is 2.29. The molecule has 0 atom stereocenters. The molecule has 16 heavy (non-hydrogen) atoms. The smallest absolute Gasteiger partial charge is 0.165 e. The van der Waals surface area contributed by atoms with E-state index >= 15 is 0 Å². The van der Waals surface area contributed by atoms with Crippen LogP contribution in [0.1, 0.15) is 0 Å². The summed E-state index contributed by atoms with van der Waals surface area (Å²) in [6, 6.07) is 7.97. The van der Waals surface area contributed by atoms with Crippen LogP contribution in [0, 0.1) is 5.82 Å². The number of pyridine rings is 1. The predicted molar refractivity (Wildman–Crippen MR) is 63.3 cm³/mol. The number of nitrogens with zero attached hydrogens (tertiary/aromatic N) is 1. The summed E-state index contributed by atoms with van der Waals surface area (Å²) in [5.74, 6) is -0.0328. The Kier molecular flexibility index (Phi) is 2.92. The summed E-state index contributed by atoms with van der Waals surface area (Å²) in [7, 11) is 0. The zero-order valence-corrected chi connectivity index (χ0v) is 9.00. The summed E-state index contributed by atoms with van der Waals surface area (Å²) in [4.78, 5) is 4.00. The van der Waals surface area contributed by atoms with E-state index in [0.29, 0.717) is 11.5 Å². The van der Waals surface area contributed by atoms with Crippen molar-refractivity contribution in [2.75, 3.05) is 11.1 Å². The van der Waals surface area contributed by atoms with Crippen LogP contribution < -0.4 is 11.1 Å². The minimum Gasteiger partial charge on any atom is -0.399 e. The first-order chi connectivity index (χ1) is 7.66. The van der Waals surface area contributed by atoms with Crippen LogP contribution in [0.4, 0.5) is 21.6 Å². The van der Waals surface area contributed by atoms with E-state index in [1.54, 1.807) is 30.5 Å². The van der Waals surface area contributed by atoms with E-state index in [4.69, 9.17) is 17.3 Å². The molecule has 2 rings (SSSR count). The second-order valence-electron chi connectivity index (χ2n) is 3.20. The number of aromatic nitrogens is 1. The van der Waals surface area contributed by atoms with Gasteiger partial charge in [0, 0.05) is 18.0 Å².